The molecule has 1 fully saturated rings. The second kappa shape index (κ2) is 4.77. The highest BCUT2D eigenvalue weighted by Gasteiger charge is 2.58. The van der Waals surface area contributed by atoms with E-state index >= 15 is 0 Å². The Balaban J connectivity index is 1.99. The molecule has 1 aromatic carbocycles. The van der Waals surface area contributed by atoms with Crippen LogP contribution in [0, 0.1) is 6.57 Å². The third kappa shape index (κ3) is 1.85. The number of hydrogen-bond donors (Lipinski definition) is 2. The maximum absolute atomic E-state index is 12.5. The summed E-state index contributed by atoms with van der Waals surface area (Å²) in [6.45, 7) is 9.89. The number of carbonyl (C=O) groups excluding carboxylic acids is 2. The minimum absolute atomic E-state index is 0.121. The second-order valence-corrected chi connectivity index (χ2v) is 5.36. The van der Waals surface area contributed by atoms with Gasteiger partial charge in [-0.1, -0.05) is 18.2 Å². The summed E-state index contributed by atoms with van der Waals surface area (Å²) < 4.78 is 0. The molecular weight excluding hydrogens is 268 g/mol. The Kier molecular flexibility index (Phi) is 3.05. The average molecular weight is 284 g/mol. The van der Waals surface area contributed by atoms with Crippen molar-refractivity contribution in [2.24, 2.45) is 0 Å². The molecule has 2 heterocycles. The smallest absolute Gasteiger partial charge is 0.323 e. The van der Waals surface area contributed by atoms with E-state index in [1.807, 2.05) is 31.2 Å². The van der Waals surface area contributed by atoms with E-state index in [1.165, 1.54) is 4.90 Å². The van der Waals surface area contributed by atoms with Gasteiger partial charge in [0.05, 0.1) is 6.42 Å². The van der Waals surface area contributed by atoms with Gasteiger partial charge in [-0.15, -0.1) is 0 Å². The highest BCUT2D eigenvalue weighted by Crippen LogP contribution is 2.46. The number of anilines is 1. The van der Waals surface area contributed by atoms with Crippen molar-refractivity contribution in [3.05, 3.63) is 41.2 Å². The van der Waals surface area contributed by atoms with Crippen molar-refractivity contribution in [3.63, 3.8) is 0 Å². The molecule has 1 saturated heterocycles. The lowest BCUT2D eigenvalue weighted by Crippen LogP contribution is -2.44. The van der Waals surface area contributed by atoms with Crippen LogP contribution in [0.2, 0.25) is 0 Å². The molecule has 2 aliphatic rings. The van der Waals surface area contributed by atoms with E-state index in [4.69, 9.17) is 6.57 Å². The Morgan fingerprint density at radius 2 is 2.33 bits per heavy atom. The molecule has 108 valence electrons. The van der Waals surface area contributed by atoms with E-state index in [0.717, 1.165) is 11.3 Å². The molecule has 0 saturated carbocycles. The summed E-state index contributed by atoms with van der Waals surface area (Å²) in [5.74, 6) is -0.121. The molecule has 3 amide bonds. The zero-order valence-electron chi connectivity index (χ0n) is 11.7. The van der Waals surface area contributed by atoms with E-state index in [-0.39, 0.29) is 18.5 Å². The number of urea groups is 1. The first kappa shape index (κ1) is 13.4. The summed E-state index contributed by atoms with van der Waals surface area (Å²) in [4.78, 5) is 29.6. The highest BCUT2D eigenvalue weighted by molar-refractivity contribution is 6.07. The summed E-state index contributed by atoms with van der Waals surface area (Å²) in [7, 11) is 0. The predicted molar refractivity (Wildman–Crippen MR) is 77.5 cm³/mol. The number of likely N-dealkylation sites (tertiary alicyclic amines) is 1. The Bertz CT molecular complexity index is 651. The zero-order valence-corrected chi connectivity index (χ0v) is 11.7. The van der Waals surface area contributed by atoms with Crippen LogP contribution in [-0.2, 0) is 10.2 Å². The number of benzene rings is 1. The van der Waals surface area contributed by atoms with Crippen LogP contribution in [0.3, 0.4) is 0 Å². The van der Waals surface area contributed by atoms with Crippen molar-refractivity contribution in [2.45, 2.75) is 24.9 Å². The van der Waals surface area contributed by atoms with Crippen LogP contribution in [-0.4, -0.2) is 36.1 Å². The van der Waals surface area contributed by atoms with E-state index < -0.39 is 11.6 Å². The van der Waals surface area contributed by atoms with Gasteiger partial charge in [0, 0.05) is 18.8 Å². The van der Waals surface area contributed by atoms with Crippen LogP contribution < -0.4 is 10.6 Å². The average Bonchev–Trinajstić information content (AvgIpc) is 3.00. The first-order chi connectivity index (χ1) is 10.1. The summed E-state index contributed by atoms with van der Waals surface area (Å²) in [6.07, 6.45) is -0.260. The number of amides is 3. The fraction of sp³-hybridized carbons (Fsp3) is 0.400. The van der Waals surface area contributed by atoms with Gasteiger partial charge in [0.1, 0.15) is 5.41 Å². The molecule has 2 N–H and O–H groups in total. The van der Waals surface area contributed by atoms with E-state index in [9.17, 15) is 9.59 Å². The lowest BCUT2D eigenvalue weighted by molar-refractivity contribution is -0.120. The maximum atomic E-state index is 12.5. The van der Waals surface area contributed by atoms with Crippen LogP contribution in [0.4, 0.5) is 10.5 Å². The number of fused-ring (bicyclic) bond motifs is 2. The molecular formula is C15H16N4O2. The lowest BCUT2D eigenvalue weighted by atomic mass is 9.80. The van der Waals surface area contributed by atoms with Crippen molar-refractivity contribution < 1.29 is 9.59 Å². The number of para-hydroxylation sites is 1. The normalized spacial score (nSPS) is 26.4. The highest BCUT2D eigenvalue weighted by atomic mass is 16.2. The van der Waals surface area contributed by atoms with Crippen LogP contribution in [0.25, 0.3) is 4.85 Å². The van der Waals surface area contributed by atoms with Crippen molar-refractivity contribution in [2.75, 3.05) is 18.4 Å². The van der Waals surface area contributed by atoms with Crippen molar-refractivity contribution in [3.8, 4) is 0 Å². The minimum atomic E-state index is -0.795. The fourth-order valence-electron chi connectivity index (χ4n) is 3.19. The van der Waals surface area contributed by atoms with Gasteiger partial charge in [-0.2, -0.15) is 0 Å². The number of nitrogens with zero attached hydrogens (tertiary/aromatic N) is 2. The lowest BCUT2D eigenvalue weighted by Gasteiger charge is -2.21. The summed E-state index contributed by atoms with van der Waals surface area (Å²) >= 11 is 0. The number of hydrogen-bond acceptors (Lipinski definition) is 2. The van der Waals surface area contributed by atoms with Gasteiger partial charge in [-0.3, -0.25) is 14.5 Å². The van der Waals surface area contributed by atoms with Crippen LogP contribution >= 0.6 is 0 Å². The number of nitrogens with one attached hydrogen (secondary N) is 2. The quantitative estimate of drug-likeness (QED) is 0.769. The molecule has 6 nitrogen and oxygen atoms in total. The first-order valence-electron chi connectivity index (χ1n) is 6.94. The van der Waals surface area contributed by atoms with Gasteiger partial charge in [0.2, 0.25) is 5.91 Å². The first-order valence-corrected chi connectivity index (χ1v) is 6.94. The molecule has 21 heavy (non-hydrogen) atoms. The van der Waals surface area contributed by atoms with Gasteiger partial charge in [-0.05, 0) is 18.6 Å². The van der Waals surface area contributed by atoms with Crippen LogP contribution in [0.1, 0.15) is 18.9 Å². The van der Waals surface area contributed by atoms with E-state index in [2.05, 4.69) is 15.5 Å². The SMILES string of the molecule is [C-]#[N+][C@@H]1C[C@@]2(CN1C(=O)NCC)C(=O)Nc1ccccc12. The summed E-state index contributed by atoms with van der Waals surface area (Å²) in [5.41, 5.74) is 0.871. The Hall–Kier alpha value is -2.55. The molecule has 3 rings (SSSR count). The Labute approximate surface area is 122 Å². The molecule has 0 aliphatic carbocycles. The molecule has 1 spiro atoms. The predicted octanol–water partition coefficient (Wildman–Crippen LogP) is 1.56. The number of carbonyl (C=O) groups is 2. The third-order valence-corrected chi connectivity index (χ3v) is 4.19. The largest absolute Gasteiger partial charge is 0.338 e. The Morgan fingerprint density at radius 3 is 3.05 bits per heavy atom. The van der Waals surface area contributed by atoms with E-state index in [0.29, 0.717) is 13.0 Å². The molecule has 6 heteroatoms. The van der Waals surface area contributed by atoms with Crippen molar-refractivity contribution in [1.29, 1.82) is 0 Å². The molecule has 1 aromatic rings. The standard InChI is InChI=1S/C15H16N4O2/c1-3-17-14(21)19-9-15(8-12(19)16-2)10-6-4-5-7-11(10)18-13(15)20/h4-7,12H,3,8-9H2,1H3,(H,17,21)(H,18,20)/t12-,15-/m0/s1. The molecule has 0 aromatic heterocycles. The van der Waals surface area contributed by atoms with Gasteiger partial charge in [0.25, 0.3) is 0 Å². The second-order valence-electron chi connectivity index (χ2n) is 5.36. The molecule has 0 bridgehead atoms. The topological polar surface area (TPSA) is 65.8 Å². The number of rotatable bonds is 1. The van der Waals surface area contributed by atoms with Gasteiger partial charge < -0.3 is 10.6 Å². The molecule has 0 radical (unpaired) electrons. The summed E-state index contributed by atoms with van der Waals surface area (Å²) in [6, 6.07) is 7.20. The fourth-order valence-corrected chi connectivity index (χ4v) is 3.19. The molecule has 2 aliphatic heterocycles. The van der Waals surface area contributed by atoms with E-state index in [1.54, 1.807) is 0 Å². The van der Waals surface area contributed by atoms with Gasteiger partial charge in [-0.25, -0.2) is 11.4 Å². The minimum Gasteiger partial charge on any atom is -0.338 e. The van der Waals surface area contributed by atoms with Crippen LogP contribution in [0.5, 0.6) is 0 Å². The molecule has 2 atom stereocenters. The third-order valence-electron chi connectivity index (χ3n) is 4.19. The summed E-state index contributed by atoms with van der Waals surface area (Å²) in [5, 5.41) is 5.57. The van der Waals surface area contributed by atoms with Crippen LogP contribution in [0.15, 0.2) is 24.3 Å². The van der Waals surface area contributed by atoms with Crippen molar-refractivity contribution in [1.82, 2.24) is 10.2 Å². The van der Waals surface area contributed by atoms with Gasteiger partial charge >= 0.3 is 12.2 Å². The van der Waals surface area contributed by atoms with Gasteiger partial charge in [0.15, 0.2) is 0 Å². The molecule has 0 unspecified atom stereocenters. The zero-order chi connectivity index (χ0) is 15.0. The Morgan fingerprint density at radius 1 is 1.57 bits per heavy atom. The maximum Gasteiger partial charge on any atom is 0.323 e. The van der Waals surface area contributed by atoms with Crippen molar-refractivity contribution >= 4 is 17.6 Å². The monoisotopic (exact) mass is 284 g/mol.